The molecule has 1 aliphatic carbocycles. The van der Waals surface area contributed by atoms with Crippen molar-refractivity contribution in [3.8, 4) is 0 Å². The number of hydrogen-bond donors (Lipinski definition) is 2. The van der Waals surface area contributed by atoms with Gasteiger partial charge < -0.3 is 10.4 Å². The molecule has 0 spiro atoms. The second-order valence-corrected chi connectivity index (χ2v) is 5.21. The average Bonchev–Trinajstić information content (AvgIpc) is 2.85. The number of rotatable bonds is 4. The van der Waals surface area contributed by atoms with Gasteiger partial charge in [-0.3, -0.25) is 4.79 Å². The van der Waals surface area contributed by atoms with Crippen LogP contribution in [0.3, 0.4) is 0 Å². The van der Waals surface area contributed by atoms with Crippen LogP contribution in [0.5, 0.6) is 0 Å². The van der Waals surface area contributed by atoms with Crippen molar-refractivity contribution in [1.82, 2.24) is 10.3 Å². The van der Waals surface area contributed by atoms with Crippen LogP contribution in [0.15, 0.2) is 18.2 Å². The zero-order valence-electron chi connectivity index (χ0n) is 10.8. The summed E-state index contributed by atoms with van der Waals surface area (Å²) in [6, 6.07) is 5.40. The van der Waals surface area contributed by atoms with Crippen LogP contribution in [-0.4, -0.2) is 29.1 Å². The Morgan fingerprint density at radius 2 is 2.17 bits per heavy atom. The quantitative estimate of drug-likeness (QED) is 0.852. The normalized spacial score (nSPS) is 17.7. The minimum atomic E-state index is -0.154. The van der Waals surface area contributed by atoms with E-state index in [2.05, 4.69) is 10.3 Å². The predicted molar refractivity (Wildman–Crippen MR) is 69.3 cm³/mol. The summed E-state index contributed by atoms with van der Waals surface area (Å²) in [5.41, 5.74) is 1.17. The van der Waals surface area contributed by atoms with E-state index in [4.69, 9.17) is 0 Å². The van der Waals surface area contributed by atoms with Crippen molar-refractivity contribution < 1.29 is 9.90 Å². The summed E-state index contributed by atoms with van der Waals surface area (Å²) in [4.78, 5) is 16.1. The number of aromatic nitrogens is 1. The van der Waals surface area contributed by atoms with Crippen molar-refractivity contribution in [3.05, 3.63) is 29.6 Å². The van der Waals surface area contributed by atoms with Crippen molar-refractivity contribution >= 4 is 5.91 Å². The van der Waals surface area contributed by atoms with Crippen LogP contribution in [0.2, 0.25) is 0 Å². The summed E-state index contributed by atoms with van der Waals surface area (Å²) >= 11 is 0. The highest BCUT2D eigenvalue weighted by atomic mass is 16.3. The molecule has 2 N–H and O–H groups in total. The van der Waals surface area contributed by atoms with Crippen molar-refractivity contribution in [2.24, 2.45) is 5.41 Å². The molecule has 1 aliphatic rings. The molecule has 0 aliphatic heterocycles. The van der Waals surface area contributed by atoms with Gasteiger partial charge >= 0.3 is 0 Å². The maximum Gasteiger partial charge on any atom is 0.269 e. The van der Waals surface area contributed by atoms with Crippen molar-refractivity contribution in [1.29, 1.82) is 0 Å². The molecule has 0 aromatic carbocycles. The van der Waals surface area contributed by atoms with E-state index < -0.39 is 0 Å². The Kier molecular flexibility index (Phi) is 3.97. The van der Waals surface area contributed by atoms with Gasteiger partial charge in [-0.1, -0.05) is 18.9 Å². The van der Waals surface area contributed by atoms with Crippen molar-refractivity contribution in [3.63, 3.8) is 0 Å². The van der Waals surface area contributed by atoms with Gasteiger partial charge in [0.15, 0.2) is 0 Å². The van der Waals surface area contributed by atoms with E-state index in [1.165, 1.54) is 0 Å². The monoisotopic (exact) mass is 248 g/mol. The zero-order chi connectivity index (χ0) is 13.0. The molecule has 98 valence electrons. The fraction of sp³-hybridized carbons (Fsp3) is 0.571. The topological polar surface area (TPSA) is 62.2 Å². The van der Waals surface area contributed by atoms with E-state index in [9.17, 15) is 9.90 Å². The molecule has 4 nitrogen and oxygen atoms in total. The number of nitrogens with zero attached hydrogens (tertiary/aromatic N) is 1. The third-order valence-corrected chi connectivity index (χ3v) is 3.74. The van der Waals surface area contributed by atoms with Crippen LogP contribution in [0.25, 0.3) is 0 Å². The highest BCUT2D eigenvalue weighted by molar-refractivity contribution is 5.92. The molecule has 1 saturated carbocycles. The lowest BCUT2D eigenvalue weighted by Gasteiger charge is -2.26. The van der Waals surface area contributed by atoms with E-state index in [1.807, 2.05) is 19.1 Å². The Balaban J connectivity index is 1.96. The molecule has 1 aromatic rings. The number of aryl methyl sites for hydroxylation is 1. The van der Waals surface area contributed by atoms with Gasteiger partial charge in [-0.15, -0.1) is 0 Å². The van der Waals surface area contributed by atoms with Crippen LogP contribution in [0.1, 0.15) is 41.9 Å². The Bertz CT molecular complexity index is 426. The molecule has 1 aromatic heterocycles. The molecule has 2 rings (SSSR count). The van der Waals surface area contributed by atoms with E-state index in [0.29, 0.717) is 12.2 Å². The van der Waals surface area contributed by atoms with Gasteiger partial charge in [0.2, 0.25) is 0 Å². The average molecular weight is 248 g/mol. The number of nitrogens with one attached hydrogen (secondary N) is 1. The van der Waals surface area contributed by atoms with Gasteiger partial charge in [-0.2, -0.15) is 0 Å². The van der Waals surface area contributed by atoms with Gasteiger partial charge in [0, 0.05) is 17.7 Å². The molecule has 4 heteroatoms. The number of hydrogen-bond acceptors (Lipinski definition) is 3. The Hall–Kier alpha value is -1.42. The van der Waals surface area contributed by atoms with Crippen LogP contribution in [0, 0.1) is 12.3 Å². The van der Waals surface area contributed by atoms with E-state index in [0.717, 1.165) is 31.4 Å². The molecule has 0 bridgehead atoms. The number of aliphatic hydroxyl groups excluding tert-OH is 1. The summed E-state index contributed by atoms with van der Waals surface area (Å²) in [7, 11) is 0. The van der Waals surface area contributed by atoms with Crippen molar-refractivity contribution in [2.45, 2.75) is 32.6 Å². The molecule has 1 amide bonds. The molecule has 18 heavy (non-hydrogen) atoms. The number of carbonyl (C=O) groups is 1. The minimum absolute atomic E-state index is 0.112. The fourth-order valence-electron chi connectivity index (χ4n) is 2.54. The van der Waals surface area contributed by atoms with Crippen LogP contribution < -0.4 is 5.32 Å². The molecule has 1 heterocycles. The number of amides is 1. The summed E-state index contributed by atoms with van der Waals surface area (Å²) in [5.74, 6) is -0.154. The number of pyridine rings is 1. The minimum Gasteiger partial charge on any atom is -0.396 e. The number of carbonyl (C=O) groups excluding carboxylic acids is 1. The van der Waals surface area contributed by atoms with Crippen molar-refractivity contribution in [2.75, 3.05) is 13.2 Å². The maximum absolute atomic E-state index is 12.0. The van der Waals surface area contributed by atoms with E-state index in [-0.39, 0.29) is 17.9 Å². The highest BCUT2D eigenvalue weighted by Gasteiger charge is 2.33. The highest BCUT2D eigenvalue weighted by Crippen LogP contribution is 2.36. The first kappa shape index (κ1) is 13.0. The second-order valence-electron chi connectivity index (χ2n) is 5.21. The largest absolute Gasteiger partial charge is 0.396 e. The third-order valence-electron chi connectivity index (χ3n) is 3.74. The Morgan fingerprint density at radius 3 is 2.78 bits per heavy atom. The first-order valence-electron chi connectivity index (χ1n) is 6.48. The Morgan fingerprint density at radius 1 is 1.44 bits per heavy atom. The smallest absolute Gasteiger partial charge is 0.269 e. The second kappa shape index (κ2) is 5.48. The maximum atomic E-state index is 12.0. The fourth-order valence-corrected chi connectivity index (χ4v) is 2.54. The Labute approximate surface area is 107 Å². The molecule has 0 radical (unpaired) electrons. The number of aliphatic hydroxyl groups is 1. The third kappa shape index (κ3) is 2.88. The van der Waals surface area contributed by atoms with Crippen LogP contribution in [0.4, 0.5) is 0 Å². The van der Waals surface area contributed by atoms with Gasteiger partial charge in [-0.05, 0) is 31.9 Å². The summed E-state index contributed by atoms with van der Waals surface area (Å²) in [6.45, 7) is 2.55. The first-order valence-corrected chi connectivity index (χ1v) is 6.48. The molecular weight excluding hydrogens is 228 g/mol. The first-order chi connectivity index (χ1) is 8.65. The SMILES string of the molecule is Cc1cccc(C(=O)NCC2(CO)CCCC2)n1. The molecule has 1 fully saturated rings. The molecule has 0 atom stereocenters. The predicted octanol–water partition coefficient (Wildman–Crippen LogP) is 1.67. The molecule has 0 unspecified atom stereocenters. The van der Waals surface area contributed by atoms with Gasteiger partial charge in [0.25, 0.3) is 5.91 Å². The summed E-state index contributed by atoms with van der Waals surface area (Å²) < 4.78 is 0. The van der Waals surface area contributed by atoms with Gasteiger partial charge in [0.05, 0.1) is 6.61 Å². The zero-order valence-corrected chi connectivity index (χ0v) is 10.8. The molecule has 0 saturated heterocycles. The summed E-state index contributed by atoms with van der Waals surface area (Å²) in [5, 5.41) is 12.4. The summed E-state index contributed by atoms with van der Waals surface area (Å²) in [6.07, 6.45) is 4.26. The van der Waals surface area contributed by atoms with E-state index >= 15 is 0 Å². The lowest BCUT2D eigenvalue weighted by Crippen LogP contribution is -2.38. The van der Waals surface area contributed by atoms with E-state index in [1.54, 1.807) is 6.07 Å². The van der Waals surface area contributed by atoms with Gasteiger partial charge in [-0.25, -0.2) is 4.98 Å². The standard InChI is InChI=1S/C14H20N2O2/c1-11-5-4-6-12(16-11)13(18)15-9-14(10-17)7-2-3-8-14/h4-6,17H,2-3,7-10H2,1H3,(H,15,18). The van der Waals surface area contributed by atoms with Gasteiger partial charge in [0.1, 0.15) is 5.69 Å². The van der Waals surface area contributed by atoms with Crippen LogP contribution >= 0.6 is 0 Å². The van der Waals surface area contributed by atoms with Crippen LogP contribution in [-0.2, 0) is 0 Å². The molecular formula is C14H20N2O2. The lowest BCUT2D eigenvalue weighted by molar-refractivity contribution is 0.0876. The lowest BCUT2D eigenvalue weighted by atomic mass is 9.87.